The van der Waals surface area contributed by atoms with Gasteiger partial charge in [-0.05, 0) is 42.0 Å². The van der Waals surface area contributed by atoms with Crippen molar-refractivity contribution in [2.75, 3.05) is 13.2 Å². The highest BCUT2D eigenvalue weighted by atomic mass is 35.5. The zero-order chi connectivity index (χ0) is 20.8. The number of carbonyl (C=O) groups excluding carboxylic acids is 3. The predicted molar refractivity (Wildman–Crippen MR) is 112 cm³/mol. The molecule has 8 heteroatoms. The maximum absolute atomic E-state index is 12.6. The third kappa shape index (κ3) is 5.81. The van der Waals surface area contributed by atoms with Gasteiger partial charge in [0.2, 0.25) is 5.91 Å². The fourth-order valence-corrected chi connectivity index (χ4v) is 4.48. The van der Waals surface area contributed by atoms with E-state index in [4.69, 9.17) is 16.3 Å². The first-order valence-electron chi connectivity index (χ1n) is 9.45. The first-order chi connectivity index (χ1) is 13.9. The molecule has 0 bridgehead atoms. The van der Waals surface area contributed by atoms with Crippen LogP contribution in [0.15, 0.2) is 41.8 Å². The van der Waals surface area contributed by atoms with Crippen molar-refractivity contribution in [1.29, 1.82) is 0 Å². The molecule has 0 aliphatic carbocycles. The fourth-order valence-electron chi connectivity index (χ4n) is 3.49. The molecule has 1 aromatic heterocycles. The third-order valence-electron chi connectivity index (χ3n) is 4.82. The number of amides is 2. The number of hydrogen-bond acceptors (Lipinski definition) is 5. The molecule has 2 heterocycles. The van der Waals surface area contributed by atoms with Crippen LogP contribution in [0.25, 0.3) is 0 Å². The molecule has 1 N–H and O–H groups in total. The van der Waals surface area contributed by atoms with E-state index < -0.39 is 12.0 Å². The molecule has 6 nitrogen and oxygen atoms in total. The zero-order valence-electron chi connectivity index (χ0n) is 16.1. The number of thiophene rings is 1. The molecule has 2 unspecified atom stereocenters. The lowest BCUT2D eigenvalue weighted by molar-refractivity contribution is -0.153. The summed E-state index contributed by atoms with van der Waals surface area (Å²) in [7, 11) is 0. The second-order valence-corrected chi connectivity index (χ2v) is 8.35. The average Bonchev–Trinajstić information content (AvgIpc) is 3.37. The fraction of sp³-hybridized carbons (Fsp3) is 0.381. The largest absolute Gasteiger partial charge is 0.455 e. The molecule has 2 amide bonds. The van der Waals surface area contributed by atoms with Crippen LogP contribution >= 0.6 is 22.9 Å². The SMILES string of the molecule is CC(=O)NC(CC(=O)OCC(=O)N1CCCC1c1cccs1)c1ccc(Cl)cc1. The minimum Gasteiger partial charge on any atom is -0.455 e. The van der Waals surface area contributed by atoms with Crippen LogP contribution in [0.5, 0.6) is 0 Å². The van der Waals surface area contributed by atoms with Gasteiger partial charge in [-0.1, -0.05) is 29.8 Å². The molecule has 1 aliphatic rings. The van der Waals surface area contributed by atoms with Crippen molar-refractivity contribution in [3.8, 4) is 0 Å². The van der Waals surface area contributed by atoms with E-state index in [2.05, 4.69) is 5.32 Å². The molecule has 154 valence electrons. The highest BCUT2D eigenvalue weighted by molar-refractivity contribution is 7.10. The van der Waals surface area contributed by atoms with Crippen LogP contribution < -0.4 is 5.32 Å². The third-order valence-corrected chi connectivity index (χ3v) is 6.05. The number of nitrogens with zero attached hydrogens (tertiary/aromatic N) is 1. The van der Waals surface area contributed by atoms with Crippen molar-refractivity contribution in [2.24, 2.45) is 0 Å². The van der Waals surface area contributed by atoms with Crippen molar-refractivity contribution >= 4 is 40.7 Å². The van der Waals surface area contributed by atoms with E-state index in [9.17, 15) is 14.4 Å². The van der Waals surface area contributed by atoms with E-state index in [1.54, 1.807) is 40.5 Å². The molecule has 1 aromatic carbocycles. The highest BCUT2D eigenvalue weighted by Crippen LogP contribution is 2.34. The molecule has 29 heavy (non-hydrogen) atoms. The molecule has 0 spiro atoms. The summed E-state index contributed by atoms with van der Waals surface area (Å²) in [6.07, 6.45) is 1.79. The van der Waals surface area contributed by atoms with E-state index >= 15 is 0 Å². The number of benzene rings is 1. The summed E-state index contributed by atoms with van der Waals surface area (Å²) in [4.78, 5) is 39.4. The Labute approximate surface area is 178 Å². The number of halogens is 1. The Morgan fingerprint density at radius 3 is 2.69 bits per heavy atom. The molecule has 2 aromatic rings. The number of hydrogen-bond donors (Lipinski definition) is 1. The normalized spacial score (nSPS) is 17.0. The maximum atomic E-state index is 12.6. The lowest BCUT2D eigenvalue weighted by Crippen LogP contribution is -2.34. The first kappa shape index (κ1) is 21.3. The zero-order valence-corrected chi connectivity index (χ0v) is 17.7. The summed E-state index contributed by atoms with van der Waals surface area (Å²) in [5.41, 5.74) is 0.741. The number of nitrogens with one attached hydrogen (secondary N) is 1. The molecule has 1 fully saturated rings. The molecular formula is C21H23ClN2O4S. The summed E-state index contributed by atoms with van der Waals surface area (Å²) in [5.74, 6) is -1.000. The minimum absolute atomic E-state index is 0.0578. The Balaban J connectivity index is 1.56. The Bertz CT molecular complexity index is 854. The van der Waals surface area contributed by atoms with Crippen LogP contribution in [-0.4, -0.2) is 35.8 Å². The Morgan fingerprint density at radius 1 is 1.28 bits per heavy atom. The van der Waals surface area contributed by atoms with Gasteiger partial charge in [0.1, 0.15) is 0 Å². The number of ether oxygens (including phenoxy) is 1. The van der Waals surface area contributed by atoms with Crippen molar-refractivity contribution in [3.63, 3.8) is 0 Å². The molecule has 0 saturated carbocycles. The lowest BCUT2D eigenvalue weighted by atomic mass is 10.0. The molecule has 1 aliphatic heterocycles. The lowest BCUT2D eigenvalue weighted by Gasteiger charge is -2.24. The average molecular weight is 435 g/mol. The van der Waals surface area contributed by atoms with Gasteiger partial charge in [-0.3, -0.25) is 14.4 Å². The quantitative estimate of drug-likeness (QED) is 0.671. The van der Waals surface area contributed by atoms with Gasteiger partial charge in [0.15, 0.2) is 6.61 Å². The van der Waals surface area contributed by atoms with Gasteiger partial charge in [-0.15, -0.1) is 11.3 Å². The van der Waals surface area contributed by atoms with Crippen LogP contribution in [0.3, 0.4) is 0 Å². The van der Waals surface area contributed by atoms with Crippen LogP contribution in [0.2, 0.25) is 5.02 Å². The Kier molecular flexibility index (Phi) is 7.28. The van der Waals surface area contributed by atoms with Gasteiger partial charge in [-0.2, -0.15) is 0 Å². The van der Waals surface area contributed by atoms with Gasteiger partial charge in [0.25, 0.3) is 5.91 Å². The van der Waals surface area contributed by atoms with Crippen LogP contribution in [0.1, 0.15) is 48.7 Å². The minimum atomic E-state index is -0.543. The maximum Gasteiger partial charge on any atom is 0.308 e. The molecule has 1 saturated heterocycles. The first-order valence-corrected chi connectivity index (χ1v) is 10.7. The second-order valence-electron chi connectivity index (χ2n) is 6.93. The summed E-state index contributed by atoms with van der Waals surface area (Å²) < 4.78 is 5.24. The van der Waals surface area contributed by atoms with Gasteiger partial charge in [0, 0.05) is 23.4 Å². The summed E-state index contributed by atoms with van der Waals surface area (Å²) in [6.45, 7) is 1.75. The number of likely N-dealkylation sites (tertiary alicyclic amines) is 1. The van der Waals surface area contributed by atoms with Crippen molar-refractivity contribution < 1.29 is 19.1 Å². The van der Waals surface area contributed by atoms with Gasteiger partial charge >= 0.3 is 5.97 Å². The van der Waals surface area contributed by atoms with E-state index in [0.29, 0.717) is 11.6 Å². The monoisotopic (exact) mass is 434 g/mol. The number of esters is 1. The summed E-state index contributed by atoms with van der Waals surface area (Å²) >= 11 is 7.53. The van der Waals surface area contributed by atoms with Crippen molar-refractivity contribution in [1.82, 2.24) is 10.2 Å². The molecular weight excluding hydrogens is 412 g/mol. The van der Waals surface area contributed by atoms with E-state index in [1.165, 1.54) is 6.92 Å². The van der Waals surface area contributed by atoms with Crippen LogP contribution in [0.4, 0.5) is 0 Å². The molecule has 3 rings (SSSR count). The highest BCUT2D eigenvalue weighted by Gasteiger charge is 2.31. The van der Waals surface area contributed by atoms with E-state index in [-0.39, 0.29) is 30.9 Å². The van der Waals surface area contributed by atoms with E-state index in [1.807, 2.05) is 17.5 Å². The van der Waals surface area contributed by atoms with Gasteiger partial charge in [0.05, 0.1) is 18.5 Å². The molecule has 0 radical (unpaired) electrons. The Morgan fingerprint density at radius 2 is 2.03 bits per heavy atom. The van der Waals surface area contributed by atoms with E-state index in [0.717, 1.165) is 23.3 Å². The summed E-state index contributed by atoms with van der Waals surface area (Å²) in [5, 5.41) is 5.30. The van der Waals surface area contributed by atoms with Crippen LogP contribution in [-0.2, 0) is 19.1 Å². The number of rotatable bonds is 7. The molecule has 2 atom stereocenters. The Hall–Kier alpha value is -2.38. The van der Waals surface area contributed by atoms with Crippen molar-refractivity contribution in [2.45, 2.75) is 38.3 Å². The summed E-state index contributed by atoms with van der Waals surface area (Å²) in [6, 6.07) is 10.4. The van der Waals surface area contributed by atoms with Gasteiger partial charge in [-0.25, -0.2) is 0 Å². The van der Waals surface area contributed by atoms with Crippen molar-refractivity contribution in [3.05, 3.63) is 57.2 Å². The topological polar surface area (TPSA) is 75.7 Å². The smallest absolute Gasteiger partial charge is 0.308 e. The second kappa shape index (κ2) is 9.89. The van der Waals surface area contributed by atoms with Gasteiger partial charge < -0.3 is 15.0 Å². The number of carbonyl (C=O) groups is 3. The predicted octanol–water partition coefficient (Wildman–Crippen LogP) is 3.88. The van der Waals surface area contributed by atoms with Crippen LogP contribution in [0, 0.1) is 0 Å². The standard InChI is InChI=1S/C21H23ClN2O4S/c1-14(25)23-17(15-6-8-16(22)9-7-15)12-21(27)28-13-20(26)24-10-2-4-18(24)19-5-3-11-29-19/h3,5-9,11,17-18H,2,4,10,12-13H2,1H3,(H,23,25).